The second-order valence-corrected chi connectivity index (χ2v) is 7.54. The number of nitrogens with zero attached hydrogens (tertiary/aromatic N) is 2. The van der Waals surface area contributed by atoms with Crippen LogP contribution in [0.4, 0.5) is 4.79 Å². The van der Waals surface area contributed by atoms with Crippen LogP contribution < -0.4 is 10.6 Å². The summed E-state index contributed by atoms with van der Waals surface area (Å²) in [4.78, 5) is 25.2. The van der Waals surface area contributed by atoms with Crippen LogP contribution in [0.3, 0.4) is 0 Å². The van der Waals surface area contributed by atoms with Crippen LogP contribution in [0.5, 0.6) is 0 Å². The number of benzene rings is 2. The molecule has 0 aliphatic carbocycles. The van der Waals surface area contributed by atoms with E-state index in [1.807, 2.05) is 67.7 Å². The number of esters is 1. The van der Waals surface area contributed by atoms with Gasteiger partial charge < -0.3 is 15.4 Å². The highest BCUT2D eigenvalue weighted by Crippen LogP contribution is 2.35. The summed E-state index contributed by atoms with van der Waals surface area (Å²) in [6, 6.07) is 16.5. The van der Waals surface area contributed by atoms with Crippen LogP contribution in [0.15, 0.2) is 84.7 Å². The van der Waals surface area contributed by atoms with E-state index in [1.54, 1.807) is 11.6 Å². The number of hydrogen-bond acceptors (Lipinski definition) is 4. The van der Waals surface area contributed by atoms with Crippen LogP contribution in [0.2, 0.25) is 0 Å². The second kappa shape index (κ2) is 8.93. The minimum Gasteiger partial charge on any atom is -0.458 e. The molecule has 0 fully saturated rings. The Morgan fingerprint density at radius 1 is 1.16 bits per heavy atom. The van der Waals surface area contributed by atoms with E-state index in [9.17, 15) is 9.59 Å². The lowest BCUT2D eigenvalue weighted by Crippen LogP contribution is -2.45. The number of aromatic nitrogens is 2. The second-order valence-electron chi connectivity index (χ2n) is 7.54. The first-order valence-electron chi connectivity index (χ1n) is 10.3. The van der Waals surface area contributed by atoms with E-state index in [0.29, 0.717) is 22.5 Å². The number of allylic oxidation sites excluding steroid dienone is 1. The third-order valence-corrected chi connectivity index (χ3v) is 5.22. The van der Waals surface area contributed by atoms with Gasteiger partial charge in [0, 0.05) is 23.0 Å². The molecule has 7 heteroatoms. The van der Waals surface area contributed by atoms with Gasteiger partial charge in [0.2, 0.25) is 0 Å². The summed E-state index contributed by atoms with van der Waals surface area (Å²) in [5.74, 6) is -0.526. The Balaban J connectivity index is 1.88. The van der Waals surface area contributed by atoms with Gasteiger partial charge in [-0.1, -0.05) is 60.7 Å². The number of aryl methyl sites for hydroxylation is 1. The molecule has 2 heterocycles. The van der Waals surface area contributed by atoms with E-state index < -0.39 is 18.0 Å². The number of ether oxygens (including phenoxy) is 1. The molecule has 1 aliphatic rings. The van der Waals surface area contributed by atoms with Crippen molar-refractivity contribution in [3.8, 4) is 16.9 Å². The minimum absolute atomic E-state index is 0.0738. The summed E-state index contributed by atoms with van der Waals surface area (Å²) < 4.78 is 7.06. The largest absolute Gasteiger partial charge is 0.458 e. The molecule has 32 heavy (non-hydrogen) atoms. The Bertz CT molecular complexity index is 1190. The highest BCUT2D eigenvalue weighted by Gasteiger charge is 2.35. The van der Waals surface area contributed by atoms with Crippen molar-refractivity contribution in [1.82, 2.24) is 20.4 Å². The molecule has 1 aliphatic heterocycles. The third kappa shape index (κ3) is 4.18. The molecule has 0 saturated carbocycles. The van der Waals surface area contributed by atoms with E-state index >= 15 is 0 Å². The predicted molar refractivity (Wildman–Crippen MR) is 122 cm³/mol. The quantitative estimate of drug-likeness (QED) is 0.455. The van der Waals surface area contributed by atoms with E-state index in [-0.39, 0.29) is 6.61 Å². The fraction of sp³-hybridized carbons (Fsp3) is 0.160. The van der Waals surface area contributed by atoms with Crippen molar-refractivity contribution in [1.29, 1.82) is 0 Å². The number of hydrogen-bond donors (Lipinski definition) is 2. The average Bonchev–Trinajstić information content (AvgIpc) is 3.23. The Hall–Kier alpha value is -4.13. The van der Waals surface area contributed by atoms with Gasteiger partial charge in [-0.3, -0.25) is 0 Å². The standard InChI is InChI=1S/C25H24N4O3/c1-4-14-32-24(30)21-17(3)26-25(31)27-23(21)20-15-29(19-8-6-5-7-9-19)28-22(20)18-12-10-16(2)11-13-18/h4-13,15,23H,1,14H2,2-3H3,(H2,26,27,31)/t23-/m0/s1. The summed E-state index contributed by atoms with van der Waals surface area (Å²) in [5, 5.41) is 10.4. The molecule has 7 nitrogen and oxygen atoms in total. The van der Waals surface area contributed by atoms with Gasteiger partial charge >= 0.3 is 12.0 Å². The molecule has 2 amide bonds. The van der Waals surface area contributed by atoms with Crippen molar-refractivity contribution < 1.29 is 14.3 Å². The molecule has 3 aromatic rings. The predicted octanol–water partition coefficient (Wildman–Crippen LogP) is 4.20. The first-order valence-corrected chi connectivity index (χ1v) is 10.3. The number of amides is 2. The van der Waals surface area contributed by atoms with Gasteiger partial charge in [0.15, 0.2) is 0 Å². The molecule has 0 unspecified atom stereocenters. The van der Waals surface area contributed by atoms with Gasteiger partial charge in [0.25, 0.3) is 0 Å². The summed E-state index contributed by atoms with van der Waals surface area (Å²) in [7, 11) is 0. The van der Waals surface area contributed by atoms with E-state index in [1.165, 1.54) is 6.08 Å². The SMILES string of the molecule is C=CCOC(=O)C1=C(C)NC(=O)N[C@H]1c1cn(-c2ccccc2)nc1-c1ccc(C)cc1. The van der Waals surface area contributed by atoms with E-state index in [2.05, 4.69) is 17.2 Å². The van der Waals surface area contributed by atoms with Gasteiger partial charge in [-0.05, 0) is 26.0 Å². The highest BCUT2D eigenvalue weighted by molar-refractivity contribution is 5.95. The lowest BCUT2D eigenvalue weighted by molar-refractivity contribution is -0.138. The van der Waals surface area contributed by atoms with Crippen LogP contribution in [0.1, 0.15) is 24.1 Å². The van der Waals surface area contributed by atoms with E-state index in [4.69, 9.17) is 9.84 Å². The normalized spacial score (nSPS) is 15.7. The number of rotatable bonds is 6. The van der Waals surface area contributed by atoms with Crippen molar-refractivity contribution in [2.24, 2.45) is 0 Å². The Morgan fingerprint density at radius 3 is 2.56 bits per heavy atom. The number of carbonyl (C=O) groups is 2. The third-order valence-electron chi connectivity index (χ3n) is 5.22. The maximum absolute atomic E-state index is 12.9. The maximum atomic E-state index is 12.9. The average molecular weight is 428 g/mol. The molecule has 0 bridgehead atoms. The summed E-state index contributed by atoms with van der Waals surface area (Å²) in [6.45, 7) is 7.36. The molecule has 1 atom stereocenters. The molecule has 2 N–H and O–H groups in total. The van der Waals surface area contributed by atoms with Gasteiger partial charge in [0.1, 0.15) is 6.61 Å². The summed E-state index contributed by atoms with van der Waals surface area (Å²) in [6.07, 6.45) is 3.34. The molecule has 0 spiro atoms. The van der Waals surface area contributed by atoms with Crippen molar-refractivity contribution in [3.63, 3.8) is 0 Å². The lowest BCUT2D eigenvalue weighted by atomic mass is 9.93. The number of urea groups is 1. The first kappa shape index (κ1) is 21.1. The molecule has 0 radical (unpaired) electrons. The number of carbonyl (C=O) groups excluding carboxylic acids is 2. The van der Waals surface area contributed by atoms with E-state index in [0.717, 1.165) is 16.8 Å². The monoisotopic (exact) mass is 428 g/mol. The fourth-order valence-corrected chi connectivity index (χ4v) is 3.66. The van der Waals surface area contributed by atoms with Crippen molar-refractivity contribution in [2.75, 3.05) is 6.61 Å². The molecular weight excluding hydrogens is 404 g/mol. The molecular formula is C25H24N4O3. The zero-order chi connectivity index (χ0) is 22.7. The smallest absolute Gasteiger partial charge is 0.338 e. The van der Waals surface area contributed by atoms with Crippen LogP contribution in [0, 0.1) is 6.92 Å². The summed E-state index contributed by atoms with van der Waals surface area (Å²) in [5.41, 5.74) is 4.99. The number of nitrogens with one attached hydrogen (secondary N) is 2. The van der Waals surface area contributed by atoms with Gasteiger partial charge in [-0.25, -0.2) is 14.3 Å². The molecule has 0 saturated heterocycles. The molecule has 162 valence electrons. The number of para-hydroxylation sites is 1. The van der Waals surface area contributed by atoms with Gasteiger partial charge in [-0.15, -0.1) is 0 Å². The Morgan fingerprint density at radius 2 is 1.88 bits per heavy atom. The van der Waals surface area contributed by atoms with Crippen molar-refractivity contribution >= 4 is 12.0 Å². The zero-order valence-corrected chi connectivity index (χ0v) is 18.0. The van der Waals surface area contributed by atoms with Gasteiger partial charge in [-0.2, -0.15) is 5.10 Å². The first-order chi connectivity index (χ1) is 15.5. The van der Waals surface area contributed by atoms with Crippen LogP contribution >= 0.6 is 0 Å². The van der Waals surface area contributed by atoms with Crippen LogP contribution in [-0.4, -0.2) is 28.4 Å². The minimum atomic E-state index is -0.727. The molecule has 4 rings (SSSR count). The van der Waals surface area contributed by atoms with Crippen LogP contribution in [0.25, 0.3) is 16.9 Å². The maximum Gasteiger partial charge on any atom is 0.338 e. The molecule has 2 aromatic carbocycles. The fourth-order valence-electron chi connectivity index (χ4n) is 3.66. The van der Waals surface area contributed by atoms with Gasteiger partial charge in [0.05, 0.1) is 23.0 Å². The highest BCUT2D eigenvalue weighted by atomic mass is 16.5. The lowest BCUT2D eigenvalue weighted by Gasteiger charge is -2.27. The Labute approximate surface area is 186 Å². The summed E-state index contributed by atoms with van der Waals surface area (Å²) >= 11 is 0. The van der Waals surface area contributed by atoms with Crippen LogP contribution in [-0.2, 0) is 9.53 Å². The topological polar surface area (TPSA) is 85.2 Å². The molecule has 1 aromatic heterocycles. The van der Waals surface area contributed by atoms with Crippen molar-refractivity contribution in [2.45, 2.75) is 19.9 Å². The zero-order valence-electron chi connectivity index (χ0n) is 18.0. The Kier molecular flexibility index (Phi) is 5.89. The van der Waals surface area contributed by atoms with Crippen molar-refractivity contribution in [3.05, 3.63) is 95.8 Å².